The van der Waals surface area contributed by atoms with Gasteiger partial charge in [0, 0.05) is 0 Å². The highest BCUT2D eigenvalue weighted by Gasteiger charge is 2.61. The van der Waals surface area contributed by atoms with Gasteiger partial charge in [-0.1, -0.05) is 118 Å². The van der Waals surface area contributed by atoms with E-state index in [1.54, 1.807) is 6.08 Å². The van der Waals surface area contributed by atoms with E-state index in [1.165, 1.54) is 0 Å². The smallest absolute Gasteiger partial charge is 0.261 e. The average Bonchev–Trinajstić information content (AvgIpc) is 3.45. The van der Waals surface area contributed by atoms with Crippen LogP contribution < -0.4 is 10.4 Å². The van der Waals surface area contributed by atoms with Gasteiger partial charge in [0.2, 0.25) is 0 Å². The number of ether oxygens (including phenoxy) is 4. The zero-order valence-corrected chi connectivity index (χ0v) is 26.4. The summed E-state index contributed by atoms with van der Waals surface area (Å²) in [5.41, 5.74) is -0.439. The average molecular weight is 589 g/mol. The molecule has 2 aliphatic heterocycles. The summed E-state index contributed by atoms with van der Waals surface area (Å²) in [6, 6.07) is 30.8. The van der Waals surface area contributed by atoms with Crippen LogP contribution in [0.2, 0.25) is 5.04 Å². The Morgan fingerprint density at radius 2 is 1.43 bits per heavy atom. The van der Waals surface area contributed by atoms with E-state index >= 15 is 0 Å². The third-order valence-electron chi connectivity index (χ3n) is 8.26. The number of rotatable bonds is 11. The molecule has 0 aliphatic carbocycles. The first-order valence-electron chi connectivity index (χ1n) is 14.7. The minimum absolute atomic E-state index is 0.0188. The number of aliphatic hydroxyl groups is 1. The van der Waals surface area contributed by atoms with E-state index in [9.17, 15) is 5.11 Å². The van der Waals surface area contributed by atoms with E-state index in [1.807, 2.05) is 56.3 Å². The predicted octanol–water partition coefficient (Wildman–Crippen LogP) is 5.33. The number of benzene rings is 3. The molecule has 5 rings (SSSR count). The van der Waals surface area contributed by atoms with Crippen LogP contribution in [0, 0.1) is 0 Å². The van der Waals surface area contributed by atoms with Gasteiger partial charge in [0.15, 0.2) is 12.1 Å². The Morgan fingerprint density at radius 1 is 0.881 bits per heavy atom. The Labute approximate surface area is 251 Å². The molecule has 0 spiro atoms. The maximum atomic E-state index is 12.5. The second-order valence-corrected chi connectivity index (χ2v) is 17.1. The molecule has 0 bridgehead atoms. The molecule has 0 unspecified atom stereocenters. The number of fused-ring (bicyclic) bond motifs is 1. The van der Waals surface area contributed by atoms with Crippen LogP contribution in [-0.2, 0) is 30.0 Å². The SMILES string of the molecule is C=CC[C@@](O)(CO[Si](c1ccccc1)(c1ccccc1)C(C)(C)C)[C@H]1O[C@@H]2OC(C)(C)O[C@@H]2[C@H]1OCc1ccccc1. The van der Waals surface area contributed by atoms with Crippen LogP contribution in [0.5, 0.6) is 0 Å². The Balaban J connectivity index is 1.51. The van der Waals surface area contributed by atoms with Gasteiger partial charge in [-0.15, -0.1) is 6.58 Å². The highest BCUT2D eigenvalue weighted by atomic mass is 28.4. The summed E-state index contributed by atoms with van der Waals surface area (Å²) in [7, 11) is -2.94. The Hall–Kier alpha value is -2.62. The zero-order valence-electron chi connectivity index (χ0n) is 25.4. The van der Waals surface area contributed by atoms with Crippen molar-refractivity contribution in [3.8, 4) is 0 Å². The van der Waals surface area contributed by atoms with Crippen LogP contribution >= 0.6 is 0 Å². The van der Waals surface area contributed by atoms with Crippen molar-refractivity contribution in [3.05, 3.63) is 109 Å². The lowest BCUT2D eigenvalue weighted by molar-refractivity contribution is -0.247. The van der Waals surface area contributed by atoms with E-state index in [0.29, 0.717) is 6.61 Å². The molecular formula is C35H44O6Si. The van der Waals surface area contributed by atoms with Gasteiger partial charge in [-0.2, -0.15) is 0 Å². The molecule has 1 N–H and O–H groups in total. The first-order chi connectivity index (χ1) is 20.0. The lowest BCUT2D eigenvalue weighted by Gasteiger charge is -2.46. The fourth-order valence-electron chi connectivity index (χ4n) is 6.36. The minimum atomic E-state index is -2.94. The maximum absolute atomic E-state index is 12.5. The van der Waals surface area contributed by atoms with E-state index in [0.717, 1.165) is 15.9 Å². The molecule has 2 fully saturated rings. The fourth-order valence-corrected chi connectivity index (χ4v) is 11.0. The van der Waals surface area contributed by atoms with Crippen LogP contribution in [-0.4, -0.2) is 56.0 Å². The highest BCUT2D eigenvalue weighted by molar-refractivity contribution is 6.99. The van der Waals surface area contributed by atoms with Crippen LogP contribution in [0.15, 0.2) is 104 Å². The van der Waals surface area contributed by atoms with Crippen molar-refractivity contribution in [2.45, 2.75) is 88.7 Å². The molecule has 3 aromatic rings. The molecule has 0 amide bonds. The summed E-state index contributed by atoms with van der Waals surface area (Å²) in [5.74, 6) is -0.823. The van der Waals surface area contributed by atoms with Gasteiger partial charge >= 0.3 is 0 Å². The van der Waals surface area contributed by atoms with E-state index in [-0.39, 0.29) is 18.1 Å². The Morgan fingerprint density at radius 3 is 1.95 bits per heavy atom. The second kappa shape index (κ2) is 12.2. The quantitative estimate of drug-likeness (QED) is 0.241. The van der Waals surface area contributed by atoms with Gasteiger partial charge in [0.25, 0.3) is 8.32 Å². The molecule has 0 radical (unpaired) electrons. The summed E-state index contributed by atoms with van der Waals surface area (Å²) in [6.45, 7) is 14.7. The molecular weight excluding hydrogens is 544 g/mol. The summed E-state index contributed by atoms with van der Waals surface area (Å²) in [4.78, 5) is 0. The molecule has 0 saturated carbocycles. The third-order valence-corrected chi connectivity index (χ3v) is 13.2. The van der Waals surface area contributed by atoms with Crippen molar-refractivity contribution in [1.29, 1.82) is 0 Å². The van der Waals surface area contributed by atoms with Crippen molar-refractivity contribution in [1.82, 2.24) is 0 Å². The van der Waals surface area contributed by atoms with E-state index in [4.69, 9.17) is 23.4 Å². The predicted molar refractivity (Wildman–Crippen MR) is 167 cm³/mol. The molecule has 2 aliphatic rings. The van der Waals surface area contributed by atoms with E-state index < -0.39 is 44.3 Å². The van der Waals surface area contributed by atoms with Crippen molar-refractivity contribution in [3.63, 3.8) is 0 Å². The topological polar surface area (TPSA) is 66.4 Å². The van der Waals surface area contributed by atoms with Crippen molar-refractivity contribution in [2.24, 2.45) is 0 Å². The van der Waals surface area contributed by atoms with Crippen LogP contribution in [0.1, 0.15) is 46.6 Å². The fraction of sp³-hybridized carbons (Fsp3) is 0.429. The van der Waals surface area contributed by atoms with Gasteiger partial charge in [0.1, 0.15) is 23.9 Å². The molecule has 0 aromatic heterocycles. The molecule has 224 valence electrons. The van der Waals surface area contributed by atoms with Gasteiger partial charge in [0.05, 0.1) is 13.2 Å². The van der Waals surface area contributed by atoms with E-state index in [2.05, 4.69) is 75.9 Å². The molecule has 3 aromatic carbocycles. The lowest BCUT2D eigenvalue weighted by atomic mass is 9.89. The molecule has 42 heavy (non-hydrogen) atoms. The van der Waals surface area contributed by atoms with Gasteiger partial charge in [-0.05, 0) is 41.2 Å². The summed E-state index contributed by atoms with van der Waals surface area (Å²) < 4.78 is 32.5. The van der Waals surface area contributed by atoms with Crippen LogP contribution in [0.25, 0.3) is 0 Å². The van der Waals surface area contributed by atoms with Gasteiger partial charge in [-0.3, -0.25) is 0 Å². The lowest BCUT2D eigenvalue weighted by Crippen LogP contribution is -2.68. The Bertz CT molecular complexity index is 1270. The molecule has 2 heterocycles. The Kier molecular flexibility index (Phi) is 8.93. The highest BCUT2D eigenvalue weighted by Crippen LogP contribution is 2.44. The van der Waals surface area contributed by atoms with Gasteiger partial charge < -0.3 is 28.5 Å². The number of hydrogen-bond acceptors (Lipinski definition) is 6. The standard InChI is InChI=1S/C35H44O6Si/c1-7-23-35(36,25-38-42(33(2,3)4,27-19-13-9-14-20-27)28-21-15-10-16-22-28)31-29(37-24-26-17-11-8-12-18-26)30-32(39-31)41-34(5,6)40-30/h7-22,29-32,36H,1,23-25H2,2-6H3/t29-,30-,31+,32-,35-/m1/s1. The second-order valence-electron chi connectivity index (χ2n) is 12.8. The number of hydrogen-bond donors (Lipinski definition) is 1. The normalized spacial score (nSPS) is 25.1. The molecule has 5 atom stereocenters. The third kappa shape index (κ3) is 6.06. The van der Waals surface area contributed by atoms with Crippen molar-refractivity contribution in [2.75, 3.05) is 6.61 Å². The first-order valence-corrected chi connectivity index (χ1v) is 16.6. The van der Waals surface area contributed by atoms with Crippen molar-refractivity contribution >= 4 is 18.7 Å². The molecule has 2 saturated heterocycles. The molecule has 6 nitrogen and oxygen atoms in total. The zero-order chi connectivity index (χ0) is 30.0. The van der Waals surface area contributed by atoms with Crippen LogP contribution in [0.3, 0.4) is 0 Å². The summed E-state index contributed by atoms with van der Waals surface area (Å²) in [6.07, 6.45) is -0.586. The van der Waals surface area contributed by atoms with Crippen LogP contribution in [0.4, 0.5) is 0 Å². The monoisotopic (exact) mass is 588 g/mol. The summed E-state index contributed by atoms with van der Waals surface area (Å²) in [5, 5.41) is 14.5. The first kappa shape index (κ1) is 30.8. The largest absolute Gasteiger partial charge is 0.404 e. The minimum Gasteiger partial charge on any atom is -0.404 e. The van der Waals surface area contributed by atoms with Gasteiger partial charge in [-0.25, -0.2) is 0 Å². The molecule has 7 heteroatoms. The summed E-state index contributed by atoms with van der Waals surface area (Å²) >= 11 is 0. The maximum Gasteiger partial charge on any atom is 0.261 e. The van der Waals surface area contributed by atoms with Crippen molar-refractivity contribution < 1.29 is 28.5 Å².